The van der Waals surface area contributed by atoms with E-state index in [1.807, 2.05) is 65.6 Å². The van der Waals surface area contributed by atoms with E-state index in [0.29, 0.717) is 13.1 Å². The van der Waals surface area contributed by atoms with E-state index >= 15 is 0 Å². The number of piperazine rings is 1. The third kappa shape index (κ3) is 3.60. The Morgan fingerprint density at radius 2 is 1.59 bits per heavy atom. The van der Waals surface area contributed by atoms with Gasteiger partial charge in [-0.15, -0.1) is 0 Å². The number of benzene rings is 2. The third-order valence-electron chi connectivity index (χ3n) is 6.93. The van der Waals surface area contributed by atoms with E-state index in [1.54, 1.807) is 0 Å². The Kier molecular flexibility index (Phi) is 5.71. The molecule has 5 rings (SSSR count). The number of rotatable bonds is 4. The predicted octanol–water partition coefficient (Wildman–Crippen LogP) is 1.30. The molecule has 0 aliphatic carbocycles. The van der Waals surface area contributed by atoms with Crippen molar-refractivity contribution in [2.45, 2.75) is 36.7 Å². The summed E-state index contributed by atoms with van der Waals surface area (Å²) in [6.07, 6.45) is 1.87. The average molecular weight is 435 g/mol. The van der Waals surface area contributed by atoms with Crippen LogP contribution in [0.3, 0.4) is 0 Å². The van der Waals surface area contributed by atoms with Gasteiger partial charge in [0, 0.05) is 30.3 Å². The molecule has 168 valence electrons. The van der Waals surface area contributed by atoms with Crippen LogP contribution < -0.4 is 10.6 Å². The summed E-state index contributed by atoms with van der Waals surface area (Å²) in [5.74, 6) is -0.353. The van der Waals surface area contributed by atoms with Gasteiger partial charge in [-0.25, -0.2) is 4.90 Å². The maximum absolute atomic E-state index is 13.6. The van der Waals surface area contributed by atoms with Gasteiger partial charge in [0.15, 0.2) is 0 Å². The van der Waals surface area contributed by atoms with Crippen molar-refractivity contribution in [3.8, 4) is 0 Å². The van der Waals surface area contributed by atoms with Crippen LogP contribution in [0.15, 0.2) is 60.7 Å². The van der Waals surface area contributed by atoms with Gasteiger partial charge in [-0.05, 0) is 33.0 Å². The number of hydrogen-bond donors (Lipinski definition) is 2. The predicted molar refractivity (Wildman–Crippen MR) is 121 cm³/mol. The molecule has 3 aliphatic rings. The number of ether oxygens (including phenoxy) is 1. The van der Waals surface area contributed by atoms with Gasteiger partial charge in [-0.1, -0.05) is 60.7 Å². The molecule has 2 aromatic carbocycles. The SMILES string of the molecule is CN1CCC(NC(=O)C2CNCC3C(=O)OC(c4ccccc4)(c4ccccc4)N23)CC1. The van der Waals surface area contributed by atoms with Crippen molar-refractivity contribution in [2.75, 3.05) is 33.2 Å². The molecule has 0 spiro atoms. The van der Waals surface area contributed by atoms with Crippen molar-refractivity contribution in [3.05, 3.63) is 71.8 Å². The molecule has 2 unspecified atom stereocenters. The number of cyclic esters (lactones) is 1. The molecule has 2 aromatic rings. The van der Waals surface area contributed by atoms with Crippen LogP contribution in [0.25, 0.3) is 0 Å². The molecule has 3 fully saturated rings. The minimum absolute atomic E-state index is 0.0497. The maximum Gasteiger partial charge on any atom is 0.327 e. The highest BCUT2D eigenvalue weighted by atomic mass is 16.6. The van der Waals surface area contributed by atoms with E-state index in [9.17, 15) is 9.59 Å². The summed E-state index contributed by atoms with van der Waals surface area (Å²) < 4.78 is 6.21. The van der Waals surface area contributed by atoms with Gasteiger partial charge in [0.2, 0.25) is 11.6 Å². The number of fused-ring (bicyclic) bond motifs is 1. The minimum Gasteiger partial charge on any atom is -0.434 e. The standard InChI is InChI=1S/C25H30N4O3/c1-28-14-12-20(13-15-28)27-23(30)21-16-26-17-22-24(31)32-25(29(21)22,18-8-4-2-5-9-18)19-10-6-3-7-11-19/h2-11,20-22,26H,12-17H2,1H3,(H,27,30). The van der Waals surface area contributed by atoms with E-state index in [4.69, 9.17) is 4.74 Å². The van der Waals surface area contributed by atoms with Gasteiger partial charge < -0.3 is 20.3 Å². The highest BCUT2D eigenvalue weighted by Crippen LogP contribution is 2.45. The fraction of sp³-hybridized carbons (Fsp3) is 0.440. The van der Waals surface area contributed by atoms with Crippen molar-refractivity contribution in [1.82, 2.24) is 20.4 Å². The number of nitrogens with one attached hydrogen (secondary N) is 2. The van der Waals surface area contributed by atoms with E-state index in [0.717, 1.165) is 37.1 Å². The molecule has 7 heteroatoms. The molecule has 7 nitrogen and oxygen atoms in total. The van der Waals surface area contributed by atoms with E-state index in [2.05, 4.69) is 22.6 Å². The average Bonchev–Trinajstić information content (AvgIpc) is 3.15. The monoisotopic (exact) mass is 434 g/mol. The summed E-state index contributed by atoms with van der Waals surface area (Å²) in [7, 11) is 2.11. The number of hydrogen-bond acceptors (Lipinski definition) is 6. The highest BCUT2D eigenvalue weighted by molar-refractivity contribution is 5.87. The number of carbonyl (C=O) groups excluding carboxylic acids is 2. The first-order chi connectivity index (χ1) is 15.6. The van der Waals surface area contributed by atoms with E-state index in [1.165, 1.54) is 0 Å². The Balaban J connectivity index is 1.54. The topological polar surface area (TPSA) is 73.9 Å². The number of likely N-dealkylation sites (tertiary alicyclic amines) is 1. The van der Waals surface area contributed by atoms with Gasteiger partial charge in [-0.2, -0.15) is 0 Å². The Morgan fingerprint density at radius 1 is 1.00 bits per heavy atom. The summed E-state index contributed by atoms with van der Waals surface area (Å²) in [5.41, 5.74) is 0.559. The van der Waals surface area contributed by atoms with Crippen LogP contribution in [0.1, 0.15) is 24.0 Å². The Labute approximate surface area is 188 Å². The first kappa shape index (κ1) is 21.1. The molecule has 3 saturated heterocycles. The van der Waals surface area contributed by atoms with Crippen molar-refractivity contribution in [1.29, 1.82) is 0 Å². The molecule has 0 radical (unpaired) electrons. The van der Waals surface area contributed by atoms with Crippen molar-refractivity contribution < 1.29 is 14.3 Å². The lowest BCUT2D eigenvalue weighted by Gasteiger charge is -2.45. The third-order valence-corrected chi connectivity index (χ3v) is 6.93. The molecule has 0 aromatic heterocycles. The first-order valence-electron chi connectivity index (χ1n) is 11.4. The first-order valence-corrected chi connectivity index (χ1v) is 11.4. The molecular weight excluding hydrogens is 404 g/mol. The van der Waals surface area contributed by atoms with Crippen molar-refractivity contribution in [2.24, 2.45) is 0 Å². The van der Waals surface area contributed by atoms with Crippen molar-refractivity contribution >= 4 is 11.9 Å². The van der Waals surface area contributed by atoms with Crippen LogP contribution in [0.4, 0.5) is 0 Å². The van der Waals surface area contributed by atoms with Crippen LogP contribution >= 0.6 is 0 Å². The van der Waals surface area contributed by atoms with Crippen LogP contribution in [0, 0.1) is 0 Å². The molecule has 1 amide bonds. The molecule has 0 saturated carbocycles. The highest BCUT2D eigenvalue weighted by Gasteiger charge is 2.60. The summed E-state index contributed by atoms with van der Waals surface area (Å²) in [6.45, 7) is 2.87. The second kappa shape index (κ2) is 8.65. The minimum atomic E-state index is -1.14. The van der Waals surface area contributed by atoms with Crippen LogP contribution in [0.2, 0.25) is 0 Å². The number of carbonyl (C=O) groups is 2. The second-order valence-electron chi connectivity index (χ2n) is 8.98. The number of nitrogens with zero attached hydrogens (tertiary/aromatic N) is 2. The zero-order valence-corrected chi connectivity index (χ0v) is 18.4. The zero-order valence-electron chi connectivity index (χ0n) is 18.4. The van der Waals surface area contributed by atoms with Gasteiger partial charge in [0.25, 0.3) is 0 Å². The Hall–Kier alpha value is -2.74. The summed E-state index contributed by atoms with van der Waals surface area (Å²) in [5, 5.41) is 6.55. The second-order valence-corrected chi connectivity index (χ2v) is 8.98. The van der Waals surface area contributed by atoms with Gasteiger partial charge >= 0.3 is 5.97 Å². The van der Waals surface area contributed by atoms with E-state index < -0.39 is 17.8 Å². The van der Waals surface area contributed by atoms with Crippen LogP contribution in [-0.4, -0.2) is 73.0 Å². The van der Waals surface area contributed by atoms with Gasteiger partial charge in [-0.3, -0.25) is 9.59 Å². The zero-order chi connectivity index (χ0) is 22.1. The maximum atomic E-state index is 13.6. The molecule has 2 atom stereocenters. The van der Waals surface area contributed by atoms with Crippen molar-refractivity contribution in [3.63, 3.8) is 0 Å². The van der Waals surface area contributed by atoms with Crippen LogP contribution in [-0.2, 0) is 20.1 Å². The molecule has 0 bridgehead atoms. The molecule has 32 heavy (non-hydrogen) atoms. The Bertz CT molecular complexity index is 920. The lowest BCUT2D eigenvalue weighted by Crippen LogP contribution is -2.66. The Morgan fingerprint density at radius 3 is 2.19 bits per heavy atom. The summed E-state index contributed by atoms with van der Waals surface area (Å²) in [6, 6.07) is 18.6. The number of piperidine rings is 1. The fourth-order valence-corrected chi connectivity index (χ4v) is 5.25. The lowest BCUT2D eigenvalue weighted by atomic mass is 9.89. The van der Waals surface area contributed by atoms with Gasteiger partial charge in [0.05, 0.1) is 0 Å². The normalized spacial score (nSPS) is 26.3. The smallest absolute Gasteiger partial charge is 0.327 e. The molecule has 2 N–H and O–H groups in total. The molecule has 3 heterocycles. The molecule has 3 aliphatic heterocycles. The summed E-state index contributed by atoms with van der Waals surface area (Å²) in [4.78, 5) is 31.0. The van der Waals surface area contributed by atoms with Crippen LogP contribution in [0.5, 0.6) is 0 Å². The number of esters is 1. The number of amides is 1. The van der Waals surface area contributed by atoms with E-state index in [-0.39, 0.29) is 17.9 Å². The largest absolute Gasteiger partial charge is 0.434 e. The lowest BCUT2D eigenvalue weighted by molar-refractivity contribution is -0.153. The van der Waals surface area contributed by atoms with Gasteiger partial charge in [0.1, 0.15) is 12.1 Å². The quantitative estimate of drug-likeness (QED) is 0.707. The fourth-order valence-electron chi connectivity index (χ4n) is 5.25. The molecular formula is C25H30N4O3. The summed E-state index contributed by atoms with van der Waals surface area (Å²) >= 11 is 0.